The summed E-state index contributed by atoms with van der Waals surface area (Å²) in [5, 5.41) is 11.5. The predicted molar refractivity (Wildman–Crippen MR) is 75.0 cm³/mol. The first-order valence-electron chi connectivity index (χ1n) is 6.28. The molecule has 0 radical (unpaired) electrons. The zero-order valence-corrected chi connectivity index (χ0v) is 11.2. The zero-order valence-electron chi connectivity index (χ0n) is 11.2. The third-order valence-corrected chi connectivity index (χ3v) is 2.64. The lowest BCUT2D eigenvalue weighted by Gasteiger charge is -2.07. The van der Waals surface area contributed by atoms with E-state index in [1.54, 1.807) is 12.1 Å². The second kappa shape index (κ2) is 7.04. The lowest BCUT2D eigenvalue weighted by atomic mass is 10.2. The molecule has 1 aromatic heterocycles. The molecule has 0 saturated carbocycles. The van der Waals surface area contributed by atoms with Crippen molar-refractivity contribution in [1.82, 2.24) is 10.3 Å². The van der Waals surface area contributed by atoms with Crippen LogP contribution < -0.4 is 10.1 Å². The lowest BCUT2D eigenvalue weighted by molar-refractivity contribution is -0.123. The molecule has 0 bridgehead atoms. The van der Waals surface area contributed by atoms with Gasteiger partial charge in [-0.1, -0.05) is 18.2 Å². The largest absolute Gasteiger partial charge is 0.484 e. The SMILES string of the molecule is O=C(COc1ccccc1)NCc1cc(C(=O)O)ccn1. The average molecular weight is 286 g/mol. The van der Waals surface area contributed by atoms with Crippen molar-refractivity contribution in [3.63, 3.8) is 0 Å². The number of nitrogens with one attached hydrogen (secondary N) is 1. The highest BCUT2D eigenvalue weighted by Gasteiger charge is 2.06. The van der Waals surface area contributed by atoms with Crippen LogP contribution in [0.15, 0.2) is 48.7 Å². The number of carboxylic acid groups (broad SMARTS) is 1. The maximum atomic E-state index is 11.6. The number of carbonyl (C=O) groups excluding carboxylic acids is 1. The number of benzene rings is 1. The standard InChI is InChI=1S/C15H14N2O4/c18-14(10-21-13-4-2-1-3-5-13)17-9-12-8-11(15(19)20)6-7-16-12/h1-8H,9-10H2,(H,17,18)(H,19,20). The van der Waals surface area contributed by atoms with E-state index in [9.17, 15) is 9.59 Å². The van der Waals surface area contributed by atoms with Crippen molar-refractivity contribution in [2.24, 2.45) is 0 Å². The number of rotatable bonds is 6. The van der Waals surface area contributed by atoms with Crippen molar-refractivity contribution in [3.8, 4) is 5.75 Å². The molecule has 1 heterocycles. The molecule has 0 atom stereocenters. The van der Waals surface area contributed by atoms with Crippen molar-refractivity contribution in [2.45, 2.75) is 6.54 Å². The molecule has 108 valence electrons. The Morgan fingerprint density at radius 3 is 2.67 bits per heavy atom. The maximum absolute atomic E-state index is 11.6. The van der Waals surface area contributed by atoms with Crippen LogP contribution in [0.4, 0.5) is 0 Å². The van der Waals surface area contributed by atoms with Crippen molar-refractivity contribution >= 4 is 11.9 Å². The van der Waals surface area contributed by atoms with Gasteiger partial charge in [0.1, 0.15) is 5.75 Å². The smallest absolute Gasteiger partial charge is 0.335 e. The Kier molecular flexibility index (Phi) is 4.87. The number of para-hydroxylation sites is 1. The molecule has 0 aliphatic heterocycles. The average Bonchev–Trinajstić information content (AvgIpc) is 2.52. The number of carbonyl (C=O) groups is 2. The molecule has 2 N–H and O–H groups in total. The molecule has 0 spiro atoms. The molecule has 21 heavy (non-hydrogen) atoms. The van der Waals surface area contributed by atoms with Gasteiger partial charge in [0.05, 0.1) is 17.8 Å². The topological polar surface area (TPSA) is 88.5 Å². The van der Waals surface area contributed by atoms with Gasteiger partial charge in [-0.3, -0.25) is 9.78 Å². The molecule has 0 fully saturated rings. The Hall–Kier alpha value is -2.89. The minimum Gasteiger partial charge on any atom is -0.484 e. The molecule has 0 unspecified atom stereocenters. The van der Waals surface area contributed by atoms with Gasteiger partial charge in [-0.05, 0) is 24.3 Å². The first-order chi connectivity index (χ1) is 10.1. The highest BCUT2D eigenvalue weighted by molar-refractivity contribution is 5.87. The van der Waals surface area contributed by atoms with Crippen LogP contribution >= 0.6 is 0 Å². The lowest BCUT2D eigenvalue weighted by Crippen LogP contribution is -2.28. The quantitative estimate of drug-likeness (QED) is 0.839. The summed E-state index contributed by atoms with van der Waals surface area (Å²) in [7, 11) is 0. The number of hydrogen-bond acceptors (Lipinski definition) is 4. The van der Waals surface area contributed by atoms with Crippen LogP contribution in [-0.4, -0.2) is 28.6 Å². The van der Waals surface area contributed by atoms with Crippen molar-refractivity contribution < 1.29 is 19.4 Å². The summed E-state index contributed by atoms with van der Waals surface area (Å²) in [4.78, 5) is 26.4. The van der Waals surface area contributed by atoms with Gasteiger partial charge in [-0.2, -0.15) is 0 Å². The summed E-state index contributed by atoms with van der Waals surface area (Å²) < 4.78 is 5.29. The van der Waals surface area contributed by atoms with Crippen LogP contribution in [0.1, 0.15) is 16.1 Å². The third-order valence-electron chi connectivity index (χ3n) is 2.64. The number of ether oxygens (including phenoxy) is 1. The minimum absolute atomic E-state index is 0.108. The van der Waals surface area contributed by atoms with Crippen molar-refractivity contribution in [2.75, 3.05) is 6.61 Å². The molecular formula is C15H14N2O4. The molecule has 1 amide bonds. The summed E-state index contributed by atoms with van der Waals surface area (Å²) in [5.74, 6) is -0.725. The second-order valence-corrected chi connectivity index (χ2v) is 4.22. The first kappa shape index (κ1) is 14.5. The summed E-state index contributed by atoms with van der Waals surface area (Å²) in [6.45, 7) is 0.0424. The van der Waals surface area contributed by atoms with Crippen LogP contribution in [0.25, 0.3) is 0 Å². The van der Waals surface area contributed by atoms with E-state index >= 15 is 0 Å². The monoisotopic (exact) mass is 286 g/mol. The Balaban J connectivity index is 1.81. The minimum atomic E-state index is -1.03. The van der Waals surface area contributed by atoms with E-state index in [2.05, 4.69) is 10.3 Å². The maximum Gasteiger partial charge on any atom is 0.335 e. The fourth-order valence-electron chi connectivity index (χ4n) is 1.61. The number of aromatic nitrogens is 1. The fraction of sp³-hybridized carbons (Fsp3) is 0.133. The Bertz CT molecular complexity index is 629. The van der Waals surface area contributed by atoms with Crippen LogP contribution in [0, 0.1) is 0 Å². The number of aromatic carboxylic acids is 1. The second-order valence-electron chi connectivity index (χ2n) is 4.22. The summed E-state index contributed by atoms with van der Waals surface area (Å²) in [5.41, 5.74) is 0.609. The number of hydrogen-bond donors (Lipinski definition) is 2. The Morgan fingerprint density at radius 2 is 1.95 bits per heavy atom. The summed E-state index contributed by atoms with van der Waals surface area (Å²) in [6.07, 6.45) is 1.39. The van der Waals surface area contributed by atoms with Gasteiger partial charge >= 0.3 is 5.97 Å². The molecule has 2 aromatic rings. The van der Waals surface area contributed by atoms with Crippen LogP contribution in [0.3, 0.4) is 0 Å². The molecular weight excluding hydrogens is 272 g/mol. The molecule has 1 aromatic carbocycles. The number of pyridine rings is 1. The van der Waals surface area contributed by atoms with Gasteiger partial charge in [0.15, 0.2) is 6.61 Å². The molecule has 2 rings (SSSR count). The van der Waals surface area contributed by atoms with Gasteiger partial charge in [-0.25, -0.2) is 4.79 Å². The first-order valence-corrected chi connectivity index (χ1v) is 6.28. The van der Waals surface area contributed by atoms with Gasteiger partial charge < -0.3 is 15.2 Å². The number of carboxylic acids is 1. The van der Waals surface area contributed by atoms with Gasteiger partial charge in [-0.15, -0.1) is 0 Å². The van der Waals surface area contributed by atoms with E-state index in [0.717, 1.165) is 0 Å². The highest BCUT2D eigenvalue weighted by Crippen LogP contribution is 2.07. The van der Waals surface area contributed by atoms with Crippen LogP contribution in [-0.2, 0) is 11.3 Å². The molecule has 6 nitrogen and oxygen atoms in total. The third kappa shape index (κ3) is 4.61. The van der Waals surface area contributed by atoms with Gasteiger partial charge in [0, 0.05) is 6.20 Å². The number of amides is 1. The number of nitrogens with zero attached hydrogens (tertiary/aromatic N) is 1. The molecule has 0 aliphatic rings. The summed E-state index contributed by atoms with van der Waals surface area (Å²) in [6, 6.07) is 11.8. The Morgan fingerprint density at radius 1 is 1.19 bits per heavy atom. The van der Waals surface area contributed by atoms with E-state index in [1.165, 1.54) is 18.3 Å². The molecule has 0 aliphatic carbocycles. The van der Waals surface area contributed by atoms with E-state index < -0.39 is 5.97 Å². The fourth-order valence-corrected chi connectivity index (χ4v) is 1.61. The highest BCUT2D eigenvalue weighted by atomic mass is 16.5. The normalized spacial score (nSPS) is 9.90. The van der Waals surface area contributed by atoms with Crippen molar-refractivity contribution in [1.29, 1.82) is 0 Å². The van der Waals surface area contributed by atoms with Crippen LogP contribution in [0.5, 0.6) is 5.75 Å². The van der Waals surface area contributed by atoms with E-state index in [-0.39, 0.29) is 24.6 Å². The van der Waals surface area contributed by atoms with Crippen molar-refractivity contribution in [3.05, 3.63) is 59.9 Å². The van der Waals surface area contributed by atoms with E-state index in [4.69, 9.17) is 9.84 Å². The van der Waals surface area contributed by atoms with E-state index in [1.807, 2.05) is 18.2 Å². The zero-order chi connectivity index (χ0) is 15.1. The Labute approximate surface area is 121 Å². The molecule has 6 heteroatoms. The van der Waals surface area contributed by atoms with Crippen LogP contribution in [0.2, 0.25) is 0 Å². The molecule has 0 saturated heterocycles. The van der Waals surface area contributed by atoms with Gasteiger partial charge in [0.25, 0.3) is 5.91 Å². The van der Waals surface area contributed by atoms with E-state index in [0.29, 0.717) is 11.4 Å². The van der Waals surface area contributed by atoms with Gasteiger partial charge in [0.2, 0.25) is 0 Å². The predicted octanol–water partition coefficient (Wildman–Crippen LogP) is 1.47. The summed E-state index contributed by atoms with van der Waals surface area (Å²) >= 11 is 0.